The van der Waals surface area contributed by atoms with Crippen LogP contribution in [0.2, 0.25) is 0 Å². The van der Waals surface area contributed by atoms with Crippen LogP contribution in [0.15, 0.2) is 35.1 Å². The van der Waals surface area contributed by atoms with Crippen LogP contribution in [0, 0.1) is 0 Å². The van der Waals surface area contributed by atoms with E-state index in [0.717, 1.165) is 29.0 Å². The van der Waals surface area contributed by atoms with E-state index >= 15 is 0 Å². The van der Waals surface area contributed by atoms with Gasteiger partial charge in [0.1, 0.15) is 5.82 Å². The number of halogens is 1. The molecule has 5 heteroatoms. The summed E-state index contributed by atoms with van der Waals surface area (Å²) in [6.45, 7) is 2.80. The van der Waals surface area contributed by atoms with Gasteiger partial charge in [-0.3, -0.25) is 0 Å². The maximum Gasteiger partial charge on any atom is 0.127 e. The third kappa shape index (κ3) is 3.61. The normalized spacial score (nSPS) is 12.4. The number of hydrogen-bond acceptors (Lipinski definition) is 3. The Morgan fingerprint density at radius 1 is 1.45 bits per heavy atom. The molecule has 2 rings (SSSR count). The molecule has 0 aliphatic heterocycles. The number of hydrogen-bond donors (Lipinski definition) is 1. The number of aryl methyl sites for hydroxylation is 1. The molecule has 0 aliphatic rings. The van der Waals surface area contributed by atoms with Crippen LogP contribution in [0.1, 0.15) is 18.3 Å². The van der Waals surface area contributed by atoms with E-state index in [9.17, 15) is 0 Å². The SMILES string of the molecule is CC(N)Cc1ccc(N(C)Cc2nccn2C)c(Br)c1. The Kier molecular flexibility index (Phi) is 4.83. The highest BCUT2D eigenvalue weighted by molar-refractivity contribution is 9.10. The minimum Gasteiger partial charge on any atom is -0.366 e. The Hall–Kier alpha value is -1.33. The Bertz CT molecular complexity index is 577. The predicted molar refractivity (Wildman–Crippen MR) is 86.8 cm³/mol. The van der Waals surface area contributed by atoms with Crippen LogP contribution in [0.5, 0.6) is 0 Å². The summed E-state index contributed by atoms with van der Waals surface area (Å²) < 4.78 is 3.13. The smallest absolute Gasteiger partial charge is 0.127 e. The zero-order valence-corrected chi connectivity index (χ0v) is 13.8. The standard InChI is InChI=1S/C15H21BrN4/c1-11(17)8-12-4-5-14(13(16)9-12)20(3)10-15-18-6-7-19(15)2/h4-7,9,11H,8,10,17H2,1-3H3. The van der Waals surface area contributed by atoms with Gasteiger partial charge >= 0.3 is 0 Å². The van der Waals surface area contributed by atoms with Gasteiger partial charge in [0.15, 0.2) is 0 Å². The summed E-state index contributed by atoms with van der Waals surface area (Å²) in [4.78, 5) is 6.54. The molecular formula is C15H21BrN4. The van der Waals surface area contributed by atoms with Crippen LogP contribution in [-0.2, 0) is 20.0 Å². The van der Waals surface area contributed by atoms with Gasteiger partial charge in [-0.1, -0.05) is 6.07 Å². The summed E-state index contributed by atoms with van der Waals surface area (Å²) in [7, 11) is 4.08. The summed E-state index contributed by atoms with van der Waals surface area (Å²) in [5.74, 6) is 1.04. The van der Waals surface area contributed by atoms with E-state index < -0.39 is 0 Å². The largest absolute Gasteiger partial charge is 0.366 e. The molecule has 0 radical (unpaired) electrons. The second-order valence-corrected chi connectivity index (χ2v) is 6.13. The summed E-state index contributed by atoms with van der Waals surface area (Å²) in [6.07, 6.45) is 4.68. The fourth-order valence-corrected chi connectivity index (χ4v) is 2.93. The Morgan fingerprint density at radius 2 is 2.20 bits per heavy atom. The Morgan fingerprint density at radius 3 is 2.75 bits per heavy atom. The van der Waals surface area contributed by atoms with Crippen LogP contribution in [0.25, 0.3) is 0 Å². The molecule has 0 saturated heterocycles. The molecule has 2 aromatic rings. The van der Waals surface area contributed by atoms with Crippen molar-refractivity contribution in [3.8, 4) is 0 Å². The van der Waals surface area contributed by atoms with Gasteiger partial charge in [-0.25, -0.2) is 4.98 Å². The van der Waals surface area contributed by atoms with E-state index in [-0.39, 0.29) is 6.04 Å². The number of aromatic nitrogens is 2. The molecule has 0 saturated carbocycles. The van der Waals surface area contributed by atoms with Crippen LogP contribution in [-0.4, -0.2) is 22.6 Å². The highest BCUT2D eigenvalue weighted by Crippen LogP contribution is 2.27. The summed E-state index contributed by atoms with van der Waals surface area (Å²) >= 11 is 3.65. The molecule has 0 aliphatic carbocycles. The third-order valence-corrected chi connectivity index (χ3v) is 3.92. The number of anilines is 1. The third-order valence-electron chi connectivity index (χ3n) is 3.28. The molecule has 0 spiro atoms. The molecule has 0 bridgehead atoms. The van der Waals surface area contributed by atoms with E-state index in [4.69, 9.17) is 5.73 Å². The number of nitrogens with two attached hydrogens (primary N) is 1. The van der Waals surface area contributed by atoms with Gasteiger partial charge < -0.3 is 15.2 Å². The zero-order chi connectivity index (χ0) is 14.7. The molecule has 1 aromatic heterocycles. The molecule has 108 valence electrons. The molecule has 1 unspecified atom stereocenters. The van der Waals surface area contributed by atoms with Crippen molar-refractivity contribution in [2.75, 3.05) is 11.9 Å². The van der Waals surface area contributed by atoms with Crippen LogP contribution in [0.3, 0.4) is 0 Å². The minimum atomic E-state index is 0.179. The van der Waals surface area contributed by atoms with Crippen molar-refractivity contribution in [3.05, 3.63) is 46.5 Å². The second-order valence-electron chi connectivity index (χ2n) is 5.28. The molecule has 0 amide bonds. The van der Waals surface area contributed by atoms with Crippen molar-refractivity contribution < 1.29 is 0 Å². The fraction of sp³-hybridized carbons (Fsp3) is 0.400. The fourth-order valence-electron chi connectivity index (χ4n) is 2.20. The van der Waals surface area contributed by atoms with Gasteiger partial charge in [0.25, 0.3) is 0 Å². The van der Waals surface area contributed by atoms with Gasteiger partial charge in [-0.15, -0.1) is 0 Å². The van der Waals surface area contributed by atoms with Crippen molar-refractivity contribution in [2.24, 2.45) is 12.8 Å². The van der Waals surface area contributed by atoms with Gasteiger partial charge in [0.2, 0.25) is 0 Å². The monoisotopic (exact) mass is 336 g/mol. The highest BCUT2D eigenvalue weighted by Gasteiger charge is 2.10. The molecular weight excluding hydrogens is 316 g/mol. The van der Waals surface area contributed by atoms with E-state index in [1.54, 1.807) is 0 Å². The molecule has 1 atom stereocenters. The lowest BCUT2D eigenvalue weighted by Gasteiger charge is -2.21. The molecule has 1 heterocycles. The first kappa shape index (κ1) is 15.1. The van der Waals surface area contributed by atoms with Gasteiger partial charge in [-0.2, -0.15) is 0 Å². The summed E-state index contributed by atoms with van der Waals surface area (Å²) in [5.41, 5.74) is 8.25. The van der Waals surface area contributed by atoms with Crippen LogP contribution in [0.4, 0.5) is 5.69 Å². The minimum absolute atomic E-state index is 0.179. The van der Waals surface area contributed by atoms with Crippen molar-refractivity contribution in [1.82, 2.24) is 9.55 Å². The number of benzene rings is 1. The maximum atomic E-state index is 5.84. The maximum absolute atomic E-state index is 5.84. The Balaban J connectivity index is 2.14. The van der Waals surface area contributed by atoms with Gasteiger partial charge in [0.05, 0.1) is 12.2 Å². The zero-order valence-electron chi connectivity index (χ0n) is 12.2. The Labute approximate surface area is 128 Å². The van der Waals surface area contributed by atoms with E-state index in [2.05, 4.69) is 51.1 Å². The molecule has 0 fully saturated rings. The van der Waals surface area contributed by atoms with Gasteiger partial charge in [-0.05, 0) is 47.0 Å². The number of imidazole rings is 1. The van der Waals surface area contributed by atoms with Crippen molar-refractivity contribution in [2.45, 2.75) is 25.9 Å². The van der Waals surface area contributed by atoms with Crippen LogP contribution >= 0.6 is 15.9 Å². The van der Waals surface area contributed by atoms with Crippen molar-refractivity contribution in [1.29, 1.82) is 0 Å². The van der Waals surface area contributed by atoms with Crippen molar-refractivity contribution >= 4 is 21.6 Å². The lowest BCUT2D eigenvalue weighted by Crippen LogP contribution is -2.20. The van der Waals surface area contributed by atoms with E-state index in [1.807, 2.05) is 30.9 Å². The first-order chi connectivity index (χ1) is 9.47. The predicted octanol–water partition coefficient (Wildman–Crippen LogP) is 2.71. The average Bonchev–Trinajstić information content (AvgIpc) is 2.74. The first-order valence-electron chi connectivity index (χ1n) is 6.68. The quantitative estimate of drug-likeness (QED) is 0.913. The second kappa shape index (κ2) is 6.41. The topological polar surface area (TPSA) is 47.1 Å². The molecule has 1 aromatic carbocycles. The van der Waals surface area contributed by atoms with E-state index in [1.165, 1.54) is 5.56 Å². The molecule has 2 N–H and O–H groups in total. The lowest BCUT2D eigenvalue weighted by molar-refractivity contribution is 0.736. The summed E-state index contributed by atoms with van der Waals surface area (Å²) in [5, 5.41) is 0. The molecule has 4 nitrogen and oxygen atoms in total. The summed E-state index contributed by atoms with van der Waals surface area (Å²) in [6, 6.07) is 6.59. The lowest BCUT2D eigenvalue weighted by atomic mass is 10.1. The highest BCUT2D eigenvalue weighted by atomic mass is 79.9. The van der Waals surface area contributed by atoms with Gasteiger partial charge in [0, 0.05) is 37.0 Å². The average molecular weight is 337 g/mol. The molecule has 20 heavy (non-hydrogen) atoms. The van der Waals surface area contributed by atoms with Crippen molar-refractivity contribution in [3.63, 3.8) is 0 Å². The number of nitrogens with zero attached hydrogens (tertiary/aromatic N) is 3. The van der Waals surface area contributed by atoms with E-state index in [0.29, 0.717) is 0 Å². The number of rotatable bonds is 5. The first-order valence-corrected chi connectivity index (χ1v) is 7.48. The van der Waals surface area contributed by atoms with Crippen LogP contribution < -0.4 is 10.6 Å².